The highest BCUT2D eigenvalue weighted by Gasteiger charge is 2.15. The molecule has 0 aromatic rings. The number of carbonyl (C=O) groups excluding carboxylic acids is 1. The maximum absolute atomic E-state index is 11.8. The number of hydrogen-bond donors (Lipinski definition) is 2. The number of rotatable bonds is 10. The Kier molecular flexibility index (Phi) is 10.5. The van der Waals surface area contributed by atoms with Crippen LogP contribution in [-0.2, 0) is 4.79 Å². The third-order valence-corrected chi connectivity index (χ3v) is 2.72. The molecule has 96 valence electrons. The minimum atomic E-state index is 0.231. The van der Waals surface area contributed by atoms with E-state index in [9.17, 15) is 4.79 Å². The molecule has 2 N–H and O–H groups in total. The Bertz CT molecular complexity index is 165. The van der Waals surface area contributed by atoms with Gasteiger partial charge in [-0.05, 0) is 32.4 Å². The predicted octanol–water partition coefficient (Wildman–Crippen LogP) is 2.32. The van der Waals surface area contributed by atoms with Crippen molar-refractivity contribution < 1.29 is 4.79 Å². The van der Waals surface area contributed by atoms with Crippen LogP contribution in [-0.4, -0.2) is 25.5 Å². The molecule has 0 fully saturated rings. The molecule has 0 saturated carbocycles. The first-order valence-electron chi connectivity index (χ1n) is 6.74. The van der Waals surface area contributed by atoms with Gasteiger partial charge in [-0.15, -0.1) is 0 Å². The van der Waals surface area contributed by atoms with Crippen LogP contribution in [0.25, 0.3) is 0 Å². The molecular formula is C13H28N2O. The summed E-state index contributed by atoms with van der Waals surface area (Å²) in [5.74, 6) is 0.481. The fraction of sp³-hybridized carbons (Fsp3) is 0.923. The summed E-state index contributed by atoms with van der Waals surface area (Å²) in [5, 5.41) is 6.28. The van der Waals surface area contributed by atoms with E-state index < -0.39 is 0 Å². The largest absolute Gasteiger partial charge is 0.356 e. The van der Waals surface area contributed by atoms with Gasteiger partial charge in [0.2, 0.25) is 5.91 Å². The van der Waals surface area contributed by atoms with Crippen LogP contribution in [0.15, 0.2) is 0 Å². The van der Waals surface area contributed by atoms with Gasteiger partial charge < -0.3 is 10.6 Å². The molecule has 0 rings (SSSR count). The average Bonchev–Trinajstić information content (AvgIpc) is 2.28. The Morgan fingerprint density at radius 3 is 2.19 bits per heavy atom. The van der Waals surface area contributed by atoms with Crippen molar-refractivity contribution in [3.63, 3.8) is 0 Å². The molecule has 0 aliphatic heterocycles. The second-order valence-electron chi connectivity index (χ2n) is 4.27. The zero-order valence-corrected chi connectivity index (χ0v) is 11.1. The van der Waals surface area contributed by atoms with Crippen LogP contribution < -0.4 is 10.6 Å². The molecule has 0 heterocycles. The molecule has 16 heavy (non-hydrogen) atoms. The molecule has 0 saturated heterocycles. The van der Waals surface area contributed by atoms with Crippen molar-refractivity contribution in [1.29, 1.82) is 0 Å². The Morgan fingerprint density at radius 2 is 1.69 bits per heavy atom. The van der Waals surface area contributed by atoms with Crippen LogP contribution in [0.4, 0.5) is 0 Å². The van der Waals surface area contributed by atoms with Crippen molar-refractivity contribution in [2.75, 3.05) is 19.6 Å². The van der Waals surface area contributed by atoms with Crippen molar-refractivity contribution in [3.05, 3.63) is 0 Å². The highest BCUT2D eigenvalue weighted by molar-refractivity contribution is 5.78. The van der Waals surface area contributed by atoms with Gasteiger partial charge in [0, 0.05) is 12.5 Å². The van der Waals surface area contributed by atoms with Crippen molar-refractivity contribution in [1.82, 2.24) is 10.6 Å². The molecule has 0 radical (unpaired) electrons. The van der Waals surface area contributed by atoms with E-state index in [1.165, 1.54) is 0 Å². The highest BCUT2D eigenvalue weighted by Crippen LogP contribution is 2.13. The van der Waals surface area contributed by atoms with Gasteiger partial charge in [-0.25, -0.2) is 0 Å². The van der Waals surface area contributed by atoms with E-state index in [0.29, 0.717) is 0 Å². The standard InChI is InChI=1S/C13H28N2O/c1-4-8-12(9-5-2)13(16)15-11-7-10-14-6-3/h12,14H,4-11H2,1-3H3,(H,15,16). The molecular weight excluding hydrogens is 200 g/mol. The second kappa shape index (κ2) is 10.9. The lowest BCUT2D eigenvalue weighted by atomic mass is 9.97. The summed E-state index contributed by atoms with van der Waals surface area (Å²) in [6.45, 7) is 9.17. The summed E-state index contributed by atoms with van der Waals surface area (Å²) >= 11 is 0. The molecule has 0 spiro atoms. The zero-order chi connectivity index (χ0) is 12.2. The zero-order valence-electron chi connectivity index (χ0n) is 11.1. The van der Waals surface area contributed by atoms with Gasteiger partial charge in [-0.3, -0.25) is 4.79 Å². The van der Waals surface area contributed by atoms with Crippen LogP contribution >= 0.6 is 0 Å². The summed E-state index contributed by atoms with van der Waals surface area (Å²) in [4.78, 5) is 11.8. The third-order valence-electron chi connectivity index (χ3n) is 2.72. The fourth-order valence-corrected chi connectivity index (χ4v) is 1.85. The van der Waals surface area contributed by atoms with Crippen molar-refractivity contribution in [2.24, 2.45) is 5.92 Å². The number of nitrogens with one attached hydrogen (secondary N) is 2. The van der Waals surface area contributed by atoms with E-state index in [4.69, 9.17) is 0 Å². The maximum Gasteiger partial charge on any atom is 0.223 e. The first-order chi connectivity index (χ1) is 7.76. The van der Waals surface area contributed by atoms with E-state index in [0.717, 1.165) is 51.7 Å². The van der Waals surface area contributed by atoms with Crippen LogP contribution in [0.2, 0.25) is 0 Å². The maximum atomic E-state index is 11.8. The summed E-state index contributed by atoms with van der Waals surface area (Å²) in [7, 11) is 0. The van der Waals surface area contributed by atoms with Crippen LogP contribution in [0.3, 0.4) is 0 Å². The molecule has 0 aromatic heterocycles. The summed E-state index contributed by atoms with van der Waals surface area (Å²) in [5.41, 5.74) is 0. The SMILES string of the molecule is CCCC(CCC)C(=O)NCCCNCC. The number of hydrogen-bond acceptors (Lipinski definition) is 2. The predicted molar refractivity (Wildman–Crippen MR) is 69.5 cm³/mol. The second-order valence-corrected chi connectivity index (χ2v) is 4.27. The molecule has 0 aliphatic rings. The van der Waals surface area contributed by atoms with E-state index in [1.54, 1.807) is 0 Å². The Hall–Kier alpha value is -0.570. The molecule has 0 bridgehead atoms. The third kappa shape index (κ3) is 7.69. The van der Waals surface area contributed by atoms with Gasteiger partial charge >= 0.3 is 0 Å². The monoisotopic (exact) mass is 228 g/mol. The van der Waals surface area contributed by atoms with E-state index in [2.05, 4.69) is 31.4 Å². The smallest absolute Gasteiger partial charge is 0.223 e. The summed E-state index contributed by atoms with van der Waals surface area (Å²) in [6, 6.07) is 0. The quantitative estimate of drug-likeness (QED) is 0.563. The van der Waals surface area contributed by atoms with Gasteiger partial charge in [0.1, 0.15) is 0 Å². The Labute approximate surface area is 100 Å². The normalized spacial score (nSPS) is 10.8. The summed E-state index contributed by atoms with van der Waals surface area (Å²) in [6.07, 6.45) is 5.25. The highest BCUT2D eigenvalue weighted by atomic mass is 16.1. The lowest BCUT2D eigenvalue weighted by molar-refractivity contribution is -0.125. The van der Waals surface area contributed by atoms with Gasteiger partial charge in [0.15, 0.2) is 0 Å². The molecule has 0 unspecified atom stereocenters. The first-order valence-corrected chi connectivity index (χ1v) is 6.74. The van der Waals surface area contributed by atoms with Crippen LogP contribution in [0, 0.1) is 5.92 Å². The van der Waals surface area contributed by atoms with Crippen LogP contribution in [0.5, 0.6) is 0 Å². The minimum Gasteiger partial charge on any atom is -0.356 e. The van der Waals surface area contributed by atoms with Gasteiger partial charge in [0.25, 0.3) is 0 Å². The number of amides is 1. The molecule has 0 aliphatic carbocycles. The van der Waals surface area contributed by atoms with Crippen LogP contribution in [0.1, 0.15) is 52.9 Å². The molecule has 0 atom stereocenters. The van der Waals surface area contributed by atoms with Crippen molar-refractivity contribution >= 4 is 5.91 Å². The molecule has 0 aromatic carbocycles. The Balaban J connectivity index is 3.65. The first kappa shape index (κ1) is 15.4. The minimum absolute atomic E-state index is 0.231. The average molecular weight is 228 g/mol. The lowest BCUT2D eigenvalue weighted by Crippen LogP contribution is -2.32. The van der Waals surface area contributed by atoms with Gasteiger partial charge in [0.05, 0.1) is 0 Å². The number of carbonyl (C=O) groups is 1. The van der Waals surface area contributed by atoms with Crippen molar-refractivity contribution in [3.8, 4) is 0 Å². The molecule has 3 heteroatoms. The van der Waals surface area contributed by atoms with Crippen molar-refractivity contribution in [2.45, 2.75) is 52.9 Å². The van der Waals surface area contributed by atoms with Gasteiger partial charge in [-0.1, -0.05) is 33.6 Å². The van der Waals surface area contributed by atoms with Gasteiger partial charge in [-0.2, -0.15) is 0 Å². The fourth-order valence-electron chi connectivity index (χ4n) is 1.85. The lowest BCUT2D eigenvalue weighted by Gasteiger charge is -2.15. The Morgan fingerprint density at radius 1 is 1.06 bits per heavy atom. The molecule has 3 nitrogen and oxygen atoms in total. The topological polar surface area (TPSA) is 41.1 Å². The van der Waals surface area contributed by atoms with E-state index >= 15 is 0 Å². The van der Waals surface area contributed by atoms with E-state index in [-0.39, 0.29) is 11.8 Å². The van der Waals surface area contributed by atoms with E-state index in [1.807, 2.05) is 0 Å². The molecule has 1 amide bonds. The summed E-state index contributed by atoms with van der Waals surface area (Å²) < 4.78 is 0.